The molecule has 0 atom stereocenters. The van der Waals surface area contributed by atoms with E-state index in [1.165, 1.54) is 11.8 Å². The molecular formula is C17H15ClN2O2S2. The Hall–Kier alpha value is -1.76. The van der Waals surface area contributed by atoms with Crippen molar-refractivity contribution in [1.29, 1.82) is 0 Å². The van der Waals surface area contributed by atoms with Gasteiger partial charge in [0, 0.05) is 9.92 Å². The van der Waals surface area contributed by atoms with Gasteiger partial charge in [-0.05, 0) is 50.2 Å². The van der Waals surface area contributed by atoms with E-state index in [9.17, 15) is 8.42 Å². The van der Waals surface area contributed by atoms with Crippen LogP contribution in [0, 0.1) is 13.8 Å². The van der Waals surface area contributed by atoms with Crippen LogP contribution in [0.1, 0.15) is 11.3 Å². The molecular weight excluding hydrogens is 364 g/mol. The fourth-order valence-electron chi connectivity index (χ4n) is 2.16. The number of rotatable bonds is 4. The molecule has 0 unspecified atom stereocenters. The molecule has 0 fully saturated rings. The standard InChI is InChI=1S/C17H15ClN2O2S2/c1-12-3-9-16(10-4-12)24(21,22)20-13(2)17(11-19-20)23-15-7-5-14(18)6-8-15/h3-11H,1-2H3. The Kier molecular flexibility index (Phi) is 4.71. The van der Waals surface area contributed by atoms with Crippen LogP contribution in [0.3, 0.4) is 0 Å². The Labute approximate surface area is 150 Å². The summed E-state index contributed by atoms with van der Waals surface area (Å²) in [5.74, 6) is 0. The summed E-state index contributed by atoms with van der Waals surface area (Å²) >= 11 is 7.33. The van der Waals surface area contributed by atoms with Gasteiger partial charge in [0.1, 0.15) is 0 Å². The average Bonchev–Trinajstić information content (AvgIpc) is 2.92. The number of aryl methyl sites for hydroxylation is 1. The van der Waals surface area contributed by atoms with E-state index < -0.39 is 10.0 Å². The summed E-state index contributed by atoms with van der Waals surface area (Å²) in [6.07, 6.45) is 1.57. The van der Waals surface area contributed by atoms with Crippen molar-refractivity contribution in [1.82, 2.24) is 9.19 Å². The maximum atomic E-state index is 12.8. The highest BCUT2D eigenvalue weighted by molar-refractivity contribution is 7.99. The largest absolute Gasteiger partial charge is 0.283 e. The van der Waals surface area contributed by atoms with E-state index in [1.54, 1.807) is 49.5 Å². The van der Waals surface area contributed by atoms with Crippen molar-refractivity contribution in [3.8, 4) is 0 Å². The summed E-state index contributed by atoms with van der Waals surface area (Å²) in [4.78, 5) is 1.98. The van der Waals surface area contributed by atoms with Crippen molar-refractivity contribution in [2.45, 2.75) is 28.5 Å². The second-order valence-corrected chi connectivity index (χ2v) is 8.63. The van der Waals surface area contributed by atoms with E-state index in [4.69, 9.17) is 11.6 Å². The normalized spacial score (nSPS) is 11.6. The van der Waals surface area contributed by atoms with Gasteiger partial charge in [0.15, 0.2) is 0 Å². The van der Waals surface area contributed by atoms with Crippen LogP contribution < -0.4 is 0 Å². The first-order chi connectivity index (χ1) is 11.4. The van der Waals surface area contributed by atoms with Gasteiger partial charge in [-0.15, -0.1) is 0 Å². The van der Waals surface area contributed by atoms with Crippen molar-refractivity contribution < 1.29 is 8.42 Å². The molecule has 3 rings (SSSR count). The molecule has 0 N–H and O–H groups in total. The maximum absolute atomic E-state index is 12.8. The zero-order chi connectivity index (χ0) is 17.3. The molecule has 0 radical (unpaired) electrons. The van der Waals surface area contributed by atoms with Crippen molar-refractivity contribution in [3.63, 3.8) is 0 Å². The molecule has 0 bridgehead atoms. The number of hydrogen-bond donors (Lipinski definition) is 0. The fourth-order valence-corrected chi connectivity index (χ4v) is 4.52. The summed E-state index contributed by atoms with van der Waals surface area (Å²) in [5.41, 5.74) is 1.58. The second kappa shape index (κ2) is 6.63. The molecule has 1 aromatic heterocycles. The molecule has 0 aliphatic rings. The molecule has 0 saturated carbocycles. The molecule has 7 heteroatoms. The molecule has 124 valence electrons. The van der Waals surface area contributed by atoms with Crippen LogP contribution in [0.4, 0.5) is 0 Å². The molecule has 0 saturated heterocycles. The van der Waals surface area contributed by atoms with Crippen LogP contribution in [0.15, 0.2) is 69.4 Å². The summed E-state index contributed by atoms with van der Waals surface area (Å²) in [7, 11) is -3.69. The van der Waals surface area contributed by atoms with Crippen molar-refractivity contribution in [3.05, 3.63) is 71.0 Å². The SMILES string of the molecule is Cc1ccc(S(=O)(=O)n2ncc(Sc3ccc(Cl)cc3)c2C)cc1. The first kappa shape index (κ1) is 17.1. The van der Waals surface area contributed by atoms with Gasteiger partial charge in [-0.3, -0.25) is 0 Å². The zero-order valence-corrected chi connectivity index (χ0v) is 15.5. The number of hydrogen-bond acceptors (Lipinski definition) is 4. The van der Waals surface area contributed by atoms with Crippen LogP contribution in [0.5, 0.6) is 0 Å². The predicted octanol–water partition coefficient (Wildman–Crippen LogP) is 4.54. The second-order valence-electron chi connectivity index (χ2n) is 5.31. The molecule has 24 heavy (non-hydrogen) atoms. The summed E-state index contributed by atoms with van der Waals surface area (Å²) in [6, 6.07) is 14.1. The molecule has 4 nitrogen and oxygen atoms in total. The zero-order valence-electron chi connectivity index (χ0n) is 13.1. The first-order valence-corrected chi connectivity index (χ1v) is 9.82. The Morgan fingerprint density at radius 2 is 1.62 bits per heavy atom. The van der Waals surface area contributed by atoms with Crippen LogP contribution in [0.25, 0.3) is 0 Å². The van der Waals surface area contributed by atoms with Gasteiger partial charge < -0.3 is 0 Å². The van der Waals surface area contributed by atoms with Gasteiger partial charge in [-0.1, -0.05) is 41.1 Å². The van der Waals surface area contributed by atoms with E-state index in [0.29, 0.717) is 10.7 Å². The average molecular weight is 379 g/mol. The highest BCUT2D eigenvalue weighted by Crippen LogP contribution is 2.31. The Morgan fingerprint density at radius 1 is 1.00 bits per heavy atom. The van der Waals surface area contributed by atoms with Gasteiger partial charge in [-0.25, -0.2) is 0 Å². The quantitative estimate of drug-likeness (QED) is 0.668. The van der Waals surface area contributed by atoms with Gasteiger partial charge in [0.25, 0.3) is 10.0 Å². The van der Waals surface area contributed by atoms with E-state index in [-0.39, 0.29) is 4.90 Å². The lowest BCUT2D eigenvalue weighted by Gasteiger charge is -2.07. The number of aromatic nitrogens is 2. The third-order valence-electron chi connectivity index (χ3n) is 3.51. The lowest BCUT2D eigenvalue weighted by atomic mass is 10.2. The molecule has 3 aromatic rings. The minimum absolute atomic E-state index is 0.224. The monoisotopic (exact) mass is 378 g/mol. The molecule has 0 amide bonds. The molecule has 0 spiro atoms. The topological polar surface area (TPSA) is 52.0 Å². The van der Waals surface area contributed by atoms with Crippen molar-refractivity contribution in [2.75, 3.05) is 0 Å². The van der Waals surface area contributed by atoms with Crippen molar-refractivity contribution in [2.24, 2.45) is 0 Å². The van der Waals surface area contributed by atoms with Crippen LogP contribution in [-0.2, 0) is 10.0 Å². The Balaban J connectivity index is 1.94. The molecule has 0 aliphatic carbocycles. The van der Waals surface area contributed by atoms with Crippen molar-refractivity contribution >= 4 is 33.4 Å². The highest BCUT2D eigenvalue weighted by Gasteiger charge is 2.21. The summed E-state index contributed by atoms with van der Waals surface area (Å²) < 4.78 is 26.6. The van der Waals surface area contributed by atoms with Crippen LogP contribution >= 0.6 is 23.4 Å². The van der Waals surface area contributed by atoms with E-state index in [0.717, 1.165) is 19.4 Å². The third-order valence-corrected chi connectivity index (χ3v) is 6.58. The van der Waals surface area contributed by atoms with Gasteiger partial charge in [0.05, 0.1) is 21.7 Å². The molecule has 1 heterocycles. The van der Waals surface area contributed by atoms with Gasteiger partial charge in [0.2, 0.25) is 0 Å². The third kappa shape index (κ3) is 3.36. The number of nitrogens with zero attached hydrogens (tertiary/aromatic N) is 2. The smallest absolute Gasteiger partial charge is 0.199 e. The highest BCUT2D eigenvalue weighted by atomic mass is 35.5. The van der Waals surface area contributed by atoms with Crippen LogP contribution in [-0.4, -0.2) is 17.6 Å². The minimum atomic E-state index is -3.69. The predicted molar refractivity (Wildman–Crippen MR) is 96.3 cm³/mol. The van der Waals surface area contributed by atoms with E-state index in [2.05, 4.69) is 5.10 Å². The fraction of sp³-hybridized carbons (Fsp3) is 0.118. The van der Waals surface area contributed by atoms with E-state index in [1.807, 2.05) is 19.1 Å². The molecule has 0 aliphatic heterocycles. The first-order valence-electron chi connectivity index (χ1n) is 7.18. The molecule has 2 aromatic carbocycles. The summed E-state index contributed by atoms with van der Waals surface area (Å²) in [6.45, 7) is 3.66. The number of benzene rings is 2. The van der Waals surface area contributed by atoms with Crippen LogP contribution in [0.2, 0.25) is 5.02 Å². The van der Waals surface area contributed by atoms with E-state index >= 15 is 0 Å². The van der Waals surface area contributed by atoms with Gasteiger partial charge in [-0.2, -0.15) is 17.6 Å². The maximum Gasteiger partial charge on any atom is 0.283 e. The van der Waals surface area contributed by atoms with Gasteiger partial charge >= 0.3 is 0 Å². The lowest BCUT2D eigenvalue weighted by Crippen LogP contribution is -2.16. The summed E-state index contributed by atoms with van der Waals surface area (Å²) in [5, 5.41) is 4.74. The lowest BCUT2D eigenvalue weighted by molar-refractivity contribution is 0.578. The number of halogens is 1. The minimum Gasteiger partial charge on any atom is -0.199 e. The Morgan fingerprint density at radius 3 is 2.25 bits per heavy atom. The Bertz CT molecular complexity index is 963.